The molecule has 5 nitrogen and oxygen atoms in total. The van der Waals surface area contributed by atoms with Gasteiger partial charge in [-0.05, 0) is 39.0 Å². The van der Waals surface area contributed by atoms with E-state index in [4.69, 9.17) is 9.84 Å². The number of amides is 2. The van der Waals surface area contributed by atoms with E-state index in [1.807, 2.05) is 20.8 Å². The van der Waals surface area contributed by atoms with Crippen LogP contribution in [0.5, 0.6) is 5.75 Å². The van der Waals surface area contributed by atoms with Crippen LogP contribution in [-0.2, 0) is 0 Å². The molecule has 0 unspecified atom stereocenters. The molecule has 1 aromatic rings. The number of benzene rings is 1. The first kappa shape index (κ1) is 15.9. The van der Waals surface area contributed by atoms with Gasteiger partial charge in [-0.3, -0.25) is 0 Å². The van der Waals surface area contributed by atoms with Crippen molar-refractivity contribution < 1.29 is 14.6 Å². The van der Waals surface area contributed by atoms with Gasteiger partial charge in [-0.15, -0.1) is 0 Å². The van der Waals surface area contributed by atoms with E-state index < -0.39 is 0 Å². The molecule has 1 aromatic carbocycles. The van der Waals surface area contributed by atoms with Crippen LogP contribution in [0.1, 0.15) is 26.3 Å². The third kappa shape index (κ3) is 5.21. The molecule has 1 rings (SSSR count). The fraction of sp³-hybridized carbons (Fsp3) is 0.400. The van der Waals surface area contributed by atoms with Gasteiger partial charge in [0.2, 0.25) is 0 Å². The molecule has 20 heavy (non-hydrogen) atoms. The van der Waals surface area contributed by atoms with E-state index in [1.165, 1.54) is 7.11 Å². The van der Waals surface area contributed by atoms with Gasteiger partial charge in [0.15, 0.2) is 0 Å². The van der Waals surface area contributed by atoms with Crippen LogP contribution < -0.4 is 15.4 Å². The second kappa shape index (κ2) is 6.83. The lowest BCUT2D eigenvalue weighted by molar-refractivity contribution is 0.243. The number of hydrogen-bond donors (Lipinski definition) is 3. The molecule has 0 aliphatic heterocycles. The molecule has 0 aliphatic carbocycles. The fourth-order valence-corrected chi connectivity index (χ4v) is 1.52. The second-order valence-corrected chi connectivity index (χ2v) is 5.20. The Morgan fingerprint density at radius 2 is 2.10 bits per heavy atom. The molecule has 0 saturated heterocycles. The normalized spacial score (nSPS) is 10.2. The fourth-order valence-electron chi connectivity index (χ4n) is 1.52. The third-order valence-corrected chi connectivity index (χ3v) is 2.25. The zero-order valence-corrected chi connectivity index (χ0v) is 12.2. The summed E-state index contributed by atoms with van der Waals surface area (Å²) >= 11 is 0. The summed E-state index contributed by atoms with van der Waals surface area (Å²) in [6.45, 7) is 5.48. The molecule has 3 N–H and O–H groups in total. The molecule has 0 aliphatic rings. The molecular formula is C15H20N2O3. The van der Waals surface area contributed by atoms with Gasteiger partial charge in [0.1, 0.15) is 12.4 Å². The van der Waals surface area contributed by atoms with E-state index >= 15 is 0 Å². The molecule has 0 spiro atoms. The summed E-state index contributed by atoms with van der Waals surface area (Å²) in [6.07, 6.45) is 0. The number of aliphatic hydroxyl groups is 1. The lowest BCUT2D eigenvalue weighted by atomic mass is 10.1. The molecule has 0 saturated carbocycles. The lowest BCUT2D eigenvalue weighted by Crippen LogP contribution is -2.43. The van der Waals surface area contributed by atoms with Crippen LogP contribution in [0.3, 0.4) is 0 Å². The Morgan fingerprint density at radius 1 is 1.40 bits per heavy atom. The SMILES string of the molecule is COc1ccc(C#CCO)cc1NC(=O)NC(C)(C)C. The van der Waals surface area contributed by atoms with E-state index in [1.54, 1.807) is 18.2 Å². The van der Waals surface area contributed by atoms with E-state index in [0.717, 1.165) is 0 Å². The minimum atomic E-state index is -0.328. The monoisotopic (exact) mass is 276 g/mol. The van der Waals surface area contributed by atoms with Crippen molar-refractivity contribution in [3.63, 3.8) is 0 Å². The number of rotatable bonds is 2. The standard InChI is InChI=1S/C15H20N2O3/c1-15(2,3)17-14(19)16-12-10-11(6-5-9-18)7-8-13(12)20-4/h7-8,10,18H,9H2,1-4H3,(H2,16,17,19). The number of hydrogen-bond acceptors (Lipinski definition) is 3. The molecular weight excluding hydrogens is 256 g/mol. The molecule has 2 amide bonds. The maximum atomic E-state index is 11.9. The first-order valence-corrected chi connectivity index (χ1v) is 6.22. The summed E-state index contributed by atoms with van der Waals surface area (Å²) in [5, 5.41) is 14.2. The van der Waals surface area contributed by atoms with Crippen molar-refractivity contribution >= 4 is 11.7 Å². The Hall–Kier alpha value is -2.19. The summed E-state index contributed by atoms with van der Waals surface area (Å²) < 4.78 is 5.20. The van der Waals surface area contributed by atoms with Crippen molar-refractivity contribution in [2.45, 2.75) is 26.3 Å². The summed E-state index contributed by atoms with van der Waals surface area (Å²) in [7, 11) is 1.53. The number of aliphatic hydroxyl groups excluding tert-OH is 1. The Balaban J connectivity index is 2.94. The number of anilines is 1. The molecule has 5 heteroatoms. The number of methoxy groups -OCH3 is 1. The van der Waals surface area contributed by atoms with Gasteiger partial charge in [-0.1, -0.05) is 11.8 Å². The number of ether oxygens (including phenoxy) is 1. The Morgan fingerprint density at radius 3 is 2.65 bits per heavy atom. The van der Waals surface area contributed by atoms with Crippen LogP contribution in [0.25, 0.3) is 0 Å². The summed E-state index contributed by atoms with van der Waals surface area (Å²) in [5.41, 5.74) is 0.885. The van der Waals surface area contributed by atoms with Gasteiger partial charge in [-0.25, -0.2) is 4.79 Å². The van der Waals surface area contributed by atoms with Crippen molar-refractivity contribution in [1.29, 1.82) is 0 Å². The maximum Gasteiger partial charge on any atom is 0.319 e. The number of urea groups is 1. The molecule has 0 fully saturated rings. The predicted molar refractivity (Wildman–Crippen MR) is 78.9 cm³/mol. The zero-order valence-electron chi connectivity index (χ0n) is 12.2. The van der Waals surface area contributed by atoms with Crippen LogP contribution in [0, 0.1) is 11.8 Å². The van der Waals surface area contributed by atoms with Crippen LogP contribution in [0.2, 0.25) is 0 Å². The van der Waals surface area contributed by atoms with E-state index in [9.17, 15) is 4.79 Å². The van der Waals surface area contributed by atoms with Gasteiger partial charge in [-0.2, -0.15) is 0 Å². The van der Waals surface area contributed by atoms with Gasteiger partial charge in [0.25, 0.3) is 0 Å². The van der Waals surface area contributed by atoms with Crippen LogP contribution >= 0.6 is 0 Å². The highest BCUT2D eigenvalue weighted by molar-refractivity contribution is 5.91. The molecule has 0 radical (unpaired) electrons. The zero-order chi connectivity index (χ0) is 15.2. The lowest BCUT2D eigenvalue weighted by Gasteiger charge is -2.21. The number of carbonyl (C=O) groups excluding carboxylic acids is 1. The van der Waals surface area contributed by atoms with E-state index in [-0.39, 0.29) is 18.2 Å². The average molecular weight is 276 g/mol. The summed E-state index contributed by atoms with van der Waals surface area (Å²) in [6, 6.07) is 4.86. The highest BCUT2D eigenvalue weighted by atomic mass is 16.5. The van der Waals surface area contributed by atoms with Gasteiger partial charge in [0, 0.05) is 11.1 Å². The number of nitrogens with one attached hydrogen (secondary N) is 2. The quantitative estimate of drug-likeness (QED) is 0.723. The topological polar surface area (TPSA) is 70.6 Å². The van der Waals surface area contributed by atoms with Gasteiger partial charge < -0.3 is 20.5 Å². The van der Waals surface area contributed by atoms with Crippen molar-refractivity contribution in [1.82, 2.24) is 5.32 Å². The second-order valence-electron chi connectivity index (χ2n) is 5.20. The van der Waals surface area contributed by atoms with Crippen molar-refractivity contribution in [3.8, 4) is 17.6 Å². The van der Waals surface area contributed by atoms with E-state index in [0.29, 0.717) is 17.0 Å². The van der Waals surface area contributed by atoms with Crippen LogP contribution in [0.15, 0.2) is 18.2 Å². The van der Waals surface area contributed by atoms with Crippen molar-refractivity contribution in [3.05, 3.63) is 23.8 Å². The van der Waals surface area contributed by atoms with Gasteiger partial charge in [0.05, 0.1) is 12.8 Å². The van der Waals surface area contributed by atoms with Crippen LogP contribution in [-0.4, -0.2) is 30.4 Å². The minimum Gasteiger partial charge on any atom is -0.495 e. The van der Waals surface area contributed by atoms with Crippen molar-refractivity contribution in [2.75, 3.05) is 19.0 Å². The first-order valence-electron chi connectivity index (χ1n) is 6.22. The average Bonchev–Trinajstić information content (AvgIpc) is 2.34. The molecule has 108 valence electrons. The first-order chi connectivity index (χ1) is 9.35. The summed E-state index contributed by atoms with van der Waals surface area (Å²) in [5.74, 6) is 5.88. The molecule has 0 aromatic heterocycles. The van der Waals surface area contributed by atoms with Crippen LogP contribution in [0.4, 0.5) is 10.5 Å². The Labute approximate surface area is 119 Å². The Bertz CT molecular complexity index is 536. The summed E-state index contributed by atoms with van der Waals surface area (Å²) in [4.78, 5) is 11.9. The highest BCUT2D eigenvalue weighted by Crippen LogP contribution is 2.25. The molecule has 0 atom stereocenters. The Kier molecular flexibility index (Phi) is 5.42. The number of carbonyl (C=O) groups is 1. The third-order valence-electron chi connectivity index (χ3n) is 2.25. The van der Waals surface area contributed by atoms with E-state index in [2.05, 4.69) is 22.5 Å². The highest BCUT2D eigenvalue weighted by Gasteiger charge is 2.15. The van der Waals surface area contributed by atoms with Gasteiger partial charge >= 0.3 is 6.03 Å². The van der Waals surface area contributed by atoms with Crippen molar-refractivity contribution in [2.24, 2.45) is 0 Å². The minimum absolute atomic E-state index is 0.209. The smallest absolute Gasteiger partial charge is 0.319 e. The predicted octanol–water partition coefficient (Wildman–Crippen LogP) is 1.96. The molecule has 0 bridgehead atoms. The maximum absolute atomic E-state index is 11.9. The molecule has 0 heterocycles. The largest absolute Gasteiger partial charge is 0.495 e.